The molecule has 0 bridgehead atoms. The second-order valence-corrected chi connectivity index (χ2v) is 5.82. The minimum Gasteiger partial charge on any atom is -0.343 e. The number of carbonyl (C=O) groups is 2. The Morgan fingerprint density at radius 1 is 1.39 bits per heavy atom. The number of carbonyl (C=O) groups excluding carboxylic acids is 2. The molecule has 1 N–H and O–H groups in total. The summed E-state index contributed by atoms with van der Waals surface area (Å²) in [6, 6.07) is 5.09. The van der Waals surface area contributed by atoms with E-state index in [4.69, 9.17) is 0 Å². The van der Waals surface area contributed by atoms with E-state index in [9.17, 15) is 9.59 Å². The van der Waals surface area contributed by atoms with Crippen LogP contribution in [0.1, 0.15) is 13.3 Å². The molecule has 2 rings (SSSR count). The summed E-state index contributed by atoms with van der Waals surface area (Å²) in [5.41, 5.74) is 0.719. The van der Waals surface area contributed by atoms with E-state index in [-0.39, 0.29) is 18.4 Å². The van der Waals surface area contributed by atoms with Gasteiger partial charge in [0, 0.05) is 8.95 Å². The minimum atomic E-state index is -0.429. The van der Waals surface area contributed by atoms with Gasteiger partial charge in [-0.2, -0.15) is 0 Å². The van der Waals surface area contributed by atoms with Gasteiger partial charge in [-0.3, -0.25) is 9.59 Å². The summed E-state index contributed by atoms with van der Waals surface area (Å²) in [6.45, 7) is 1.94. The molecular weight excluding hydrogens is 364 g/mol. The van der Waals surface area contributed by atoms with Crippen LogP contribution in [0.25, 0.3) is 0 Å². The molecule has 1 atom stereocenters. The molecule has 0 aliphatic carbocycles. The van der Waals surface area contributed by atoms with Gasteiger partial charge in [-0.1, -0.05) is 22.9 Å². The summed E-state index contributed by atoms with van der Waals surface area (Å²) in [7, 11) is 0. The van der Waals surface area contributed by atoms with Crippen molar-refractivity contribution in [3.05, 3.63) is 27.1 Å². The molecule has 1 aromatic rings. The average Bonchev–Trinajstić information content (AvgIpc) is 2.32. The second-order valence-electron chi connectivity index (χ2n) is 4.05. The van der Waals surface area contributed by atoms with Crippen molar-refractivity contribution in [2.75, 3.05) is 11.4 Å². The summed E-state index contributed by atoms with van der Waals surface area (Å²) in [4.78, 5) is 25.3. The van der Waals surface area contributed by atoms with Crippen LogP contribution in [-0.4, -0.2) is 24.4 Å². The van der Waals surface area contributed by atoms with Crippen LogP contribution < -0.4 is 10.2 Å². The highest BCUT2D eigenvalue weighted by atomic mass is 79.9. The van der Waals surface area contributed by atoms with Crippen molar-refractivity contribution in [1.82, 2.24) is 5.32 Å². The number of benzene rings is 1. The molecule has 0 saturated carbocycles. The number of hydrogen-bond acceptors (Lipinski definition) is 2. The maximum Gasteiger partial charge on any atom is 0.250 e. The number of anilines is 1. The quantitative estimate of drug-likeness (QED) is 0.863. The van der Waals surface area contributed by atoms with Crippen LogP contribution in [0.4, 0.5) is 5.69 Å². The van der Waals surface area contributed by atoms with Crippen LogP contribution in [-0.2, 0) is 9.59 Å². The van der Waals surface area contributed by atoms with Crippen LogP contribution in [0.15, 0.2) is 27.1 Å². The maximum atomic E-state index is 12.2. The topological polar surface area (TPSA) is 49.4 Å². The van der Waals surface area contributed by atoms with Gasteiger partial charge in [0.05, 0.1) is 5.69 Å². The number of nitrogens with zero attached hydrogens (tertiary/aromatic N) is 1. The number of halogens is 2. The third-order valence-corrected chi connectivity index (χ3v) is 3.94. The lowest BCUT2D eigenvalue weighted by atomic mass is 10.1. The fourth-order valence-corrected chi connectivity index (χ4v) is 3.15. The highest BCUT2D eigenvalue weighted by molar-refractivity contribution is 9.11. The molecule has 0 spiro atoms. The van der Waals surface area contributed by atoms with Crippen molar-refractivity contribution in [1.29, 1.82) is 0 Å². The lowest BCUT2D eigenvalue weighted by Crippen LogP contribution is -2.58. The van der Waals surface area contributed by atoms with Crippen molar-refractivity contribution in [2.45, 2.75) is 19.4 Å². The van der Waals surface area contributed by atoms with Crippen molar-refractivity contribution < 1.29 is 9.59 Å². The lowest BCUT2D eigenvalue weighted by molar-refractivity contribution is -0.131. The van der Waals surface area contributed by atoms with Crippen LogP contribution in [0.2, 0.25) is 0 Å². The molecule has 1 aliphatic heterocycles. The van der Waals surface area contributed by atoms with Gasteiger partial charge in [0.1, 0.15) is 12.6 Å². The van der Waals surface area contributed by atoms with Crippen LogP contribution in [0.3, 0.4) is 0 Å². The molecule has 1 aliphatic rings. The van der Waals surface area contributed by atoms with Crippen molar-refractivity contribution >= 4 is 49.4 Å². The summed E-state index contributed by atoms with van der Waals surface area (Å²) in [6.07, 6.45) is 0.592. The molecule has 1 saturated heterocycles. The van der Waals surface area contributed by atoms with Gasteiger partial charge in [-0.15, -0.1) is 0 Å². The van der Waals surface area contributed by atoms with E-state index in [1.807, 2.05) is 25.1 Å². The van der Waals surface area contributed by atoms with Gasteiger partial charge in [-0.05, 0) is 40.5 Å². The van der Waals surface area contributed by atoms with Crippen LogP contribution >= 0.6 is 31.9 Å². The standard InChI is InChI=1S/C12H12Br2N2O2/c1-2-9-12(18)16(6-11(17)15-9)10-4-3-7(13)5-8(10)14/h3-5,9H,2,6H2,1H3,(H,15,17). The number of hydrogen-bond donors (Lipinski definition) is 1. The fraction of sp³-hybridized carbons (Fsp3) is 0.333. The first-order valence-corrected chi connectivity index (χ1v) is 7.17. The Hall–Kier alpha value is -0.880. The Morgan fingerprint density at radius 3 is 2.72 bits per heavy atom. The molecule has 2 amide bonds. The number of piperazine rings is 1. The minimum absolute atomic E-state index is 0.0650. The number of rotatable bonds is 2. The number of nitrogens with one attached hydrogen (secondary N) is 1. The van der Waals surface area contributed by atoms with Gasteiger partial charge in [0.15, 0.2) is 0 Å². The SMILES string of the molecule is CCC1NC(=O)CN(c2ccc(Br)cc2Br)C1=O. The molecule has 0 radical (unpaired) electrons. The van der Waals surface area contributed by atoms with E-state index in [1.165, 1.54) is 4.90 Å². The Morgan fingerprint density at radius 2 is 2.11 bits per heavy atom. The summed E-state index contributed by atoms with van der Waals surface area (Å²) < 4.78 is 1.70. The average molecular weight is 376 g/mol. The first-order chi connectivity index (χ1) is 8.52. The smallest absolute Gasteiger partial charge is 0.250 e. The largest absolute Gasteiger partial charge is 0.343 e. The predicted molar refractivity (Wildman–Crippen MR) is 76.4 cm³/mol. The molecule has 4 nitrogen and oxygen atoms in total. The highest BCUT2D eigenvalue weighted by Crippen LogP contribution is 2.30. The Bertz CT molecular complexity index is 505. The van der Waals surface area contributed by atoms with Gasteiger partial charge in [0.25, 0.3) is 0 Å². The normalized spacial score (nSPS) is 19.9. The van der Waals surface area contributed by atoms with Gasteiger partial charge < -0.3 is 10.2 Å². The molecule has 1 aromatic carbocycles. The lowest BCUT2D eigenvalue weighted by Gasteiger charge is -2.32. The summed E-state index contributed by atoms with van der Waals surface area (Å²) in [5, 5.41) is 2.69. The molecule has 0 aromatic heterocycles. The summed E-state index contributed by atoms with van der Waals surface area (Å²) in [5.74, 6) is -0.198. The molecule has 1 unspecified atom stereocenters. The molecule has 6 heteroatoms. The Balaban J connectivity index is 2.36. The molecule has 96 valence electrons. The van der Waals surface area contributed by atoms with E-state index < -0.39 is 6.04 Å². The second kappa shape index (κ2) is 5.40. The van der Waals surface area contributed by atoms with Crippen molar-refractivity contribution in [3.63, 3.8) is 0 Å². The highest BCUT2D eigenvalue weighted by Gasteiger charge is 2.33. The van der Waals surface area contributed by atoms with Crippen molar-refractivity contribution in [2.24, 2.45) is 0 Å². The molecular formula is C12H12Br2N2O2. The first kappa shape index (κ1) is 13.5. The Labute approximate surface area is 122 Å². The van der Waals surface area contributed by atoms with Crippen LogP contribution in [0, 0.1) is 0 Å². The third kappa shape index (κ3) is 2.59. The van der Waals surface area contributed by atoms with Gasteiger partial charge >= 0.3 is 0 Å². The van der Waals surface area contributed by atoms with E-state index in [0.29, 0.717) is 6.42 Å². The Kier molecular flexibility index (Phi) is 4.07. The monoisotopic (exact) mass is 374 g/mol. The zero-order chi connectivity index (χ0) is 13.3. The zero-order valence-corrected chi connectivity index (χ0v) is 12.9. The van der Waals surface area contributed by atoms with Gasteiger partial charge in [-0.25, -0.2) is 0 Å². The predicted octanol–water partition coefficient (Wildman–Crippen LogP) is 2.45. The van der Waals surface area contributed by atoms with E-state index in [1.54, 1.807) is 0 Å². The first-order valence-electron chi connectivity index (χ1n) is 5.58. The maximum absolute atomic E-state index is 12.2. The van der Waals surface area contributed by atoms with E-state index in [0.717, 1.165) is 14.6 Å². The molecule has 1 fully saturated rings. The molecule has 18 heavy (non-hydrogen) atoms. The fourth-order valence-electron chi connectivity index (χ4n) is 1.89. The van der Waals surface area contributed by atoms with Crippen molar-refractivity contribution in [3.8, 4) is 0 Å². The van der Waals surface area contributed by atoms with E-state index in [2.05, 4.69) is 37.2 Å². The van der Waals surface area contributed by atoms with Gasteiger partial charge in [0.2, 0.25) is 11.8 Å². The summed E-state index contributed by atoms with van der Waals surface area (Å²) >= 11 is 6.78. The zero-order valence-electron chi connectivity index (χ0n) is 9.74. The number of amides is 2. The third-order valence-electron chi connectivity index (χ3n) is 2.81. The van der Waals surface area contributed by atoms with E-state index >= 15 is 0 Å². The molecule has 1 heterocycles. The van der Waals surface area contributed by atoms with Crippen LogP contribution in [0.5, 0.6) is 0 Å².